The van der Waals surface area contributed by atoms with Gasteiger partial charge in [0.15, 0.2) is 0 Å². The van der Waals surface area contributed by atoms with Crippen LogP contribution in [0.2, 0.25) is 0 Å². The molecule has 0 aliphatic carbocycles. The Labute approximate surface area is 137 Å². The first kappa shape index (κ1) is 17.0. The van der Waals surface area contributed by atoms with Gasteiger partial charge in [0.05, 0.1) is 5.56 Å². The fourth-order valence-corrected chi connectivity index (χ4v) is 2.33. The molecule has 0 atom stereocenters. The summed E-state index contributed by atoms with van der Waals surface area (Å²) in [7, 11) is 2.01. The molecular weight excluding hydrogens is 290 g/mol. The summed E-state index contributed by atoms with van der Waals surface area (Å²) in [5, 5.41) is 10.8. The number of rotatable bonds is 6. The summed E-state index contributed by atoms with van der Waals surface area (Å²) in [5.41, 5.74) is 2.73. The van der Waals surface area contributed by atoms with E-state index in [1.807, 2.05) is 43.7 Å². The first-order valence-electron chi connectivity index (χ1n) is 7.86. The van der Waals surface area contributed by atoms with Crippen molar-refractivity contribution in [2.75, 3.05) is 18.5 Å². The van der Waals surface area contributed by atoms with E-state index in [0.717, 1.165) is 17.1 Å². The van der Waals surface area contributed by atoms with Crippen molar-refractivity contribution in [2.24, 2.45) is 0 Å². The van der Waals surface area contributed by atoms with Crippen LogP contribution in [0.3, 0.4) is 0 Å². The van der Waals surface area contributed by atoms with E-state index < -0.39 is 0 Å². The molecule has 2 rings (SSSR count). The van der Waals surface area contributed by atoms with Gasteiger partial charge in [-0.15, -0.1) is 10.2 Å². The molecule has 0 saturated heterocycles. The molecule has 0 aliphatic heterocycles. The van der Waals surface area contributed by atoms with Crippen LogP contribution in [-0.2, 0) is 6.54 Å². The standard InChI is InChI=1S/C17H25N5O/c1-12(2)21(5)16-7-6-13(3)10-15(16)17(23)18-8-9-22-11-19-20-14(22)4/h6-7,10-12H,8-9H2,1-5H3,(H,18,23). The zero-order valence-corrected chi connectivity index (χ0v) is 14.5. The first-order valence-corrected chi connectivity index (χ1v) is 7.86. The van der Waals surface area contributed by atoms with Gasteiger partial charge in [0.1, 0.15) is 12.2 Å². The highest BCUT2D eigenvalue weighted by molar-refractivity contribution is 6.00. The number of carbonyl (C=O) groups is 1. The highest BCUT2D eigenvalue weighted by atomic mass is 16.1. The van der Waals surface area contributed by atoms with Crippen molar-refractivity contribution in [3.8, 4) is 0 Å². The minimum atomic E-state index is -0.0538. The predicted octanol–water partition coefficient (Wildman–Crippen LogP) is 2.17. The summed E-state index contributed by atoms with van der Waals surface area (Å²) in [6.07, 6.45) is 1.67. The van der Waals surface area contributed by atoms with E-state index in [4.69, 9.17) is 0 Å². The van der Waals surface area contributed by atoms with Crippen LogP contribution in [0.4, 0.5) is 5.69 Å². The lowest BCUT2D eigenvalue weighted by atomic mass is 10.1. The molecule has 0 bridgehead atoms. The molecule has 0 spiro atoms. The molecule has 1 amide bonds. The Morgan fingerprint density at radius 1 is 1.35 bits per heavy atom. The molecule has 1 N–H and O–H groups in total. The molecule has 0 saturated carbocycles. The van der Waals surface area contributed by atoms with Crippen LogP contribution in [0.5, 0.6) is 0 Å². The number of anilines is 1. The van der Waals surface area contributed by atoms with E-state index in [1.165, 1.54) is 0 Å². The van der Waals surface area contributed by atoms with E-state index >= 15 is 0 Å². The minimum Gasteiger partial charge on any atom is -0.372 e. The molecule has 6 heteroatoms. The van der Waals surface area contributed by atoms with Crippen LogP contribution in [0, 0.1) is 13.8 Å². The minimum absolute atomic E-state index is 0.0538. The van der Waals surface area contributed by atoms with Gasteiger partial charge in [0.2, 0.25) is 0 Å². The van der Waals surface area contributed by atoms with Crippen LogP contribution in [0.1, 0.15) is 35.6 Å². The lowest BCUT2D eigenvalue weighted by Gasteiger charge is -2.26. The average molecular weight is 315 g/mol. The summed E-state index contributed by atoms with van der Waals surface area (Å²) < 4.78 is 1.91. The average Bonchev–Trinajstić information content (AvgIpc) is 2.91. The Kier molecular flexibility index (Phi) is 5.36. The largest absolute Gasteiger partial charge is 0.372 e. The zero-order chi connectivity index (χ0) is 17.0. The number of nitrogens with one attached hydrogen (secondary N) is 1. The Morgan fingerprint density at radius 3 is 2.70 bits per heavy atom. The smallest absolute Gasteiger partial charge is 0.253 e. The number of amides is 1. The predicted molar refractivity (Wildman–Crippen MR) is 91.8 cm³/mol. The lowest BCUT2D eigenvalue weighted by Crippen LogP contribution is -2.32. The third kappa shape index (κ3) is 4.09. The molecule has 0 aliphatic rings. The van der Waals surface area contributed by atoms with Gasteiger partial charge in [-0.2, -0.15) is 0 Å². The summed E-state index contributed by atoms with van der Waals surface area (Å²) in [6, 6.07) is 6.30. The van der Waals surface area contributed by atoms with E-state index in [-0.39, 0.29) is 5.91 Å². The van der Waals surface area contributed by atoms with Crippen LogP contribution >= 0.6 is 0 Å². The highest BCUT2D eigenvalue weighted by Gasteiger charge is 2.16. The van der Waals surface area contributed by atoms with Gasteiger partial charge in [-0.25, -0.2) is 0 Å². The van der Waals surface area contributed by atoms with Crippen molar-refractivity contribution in [1.29, 1.82) is 0 Å². The van der Waals surface area contributed by atoms with Gasteiger partial charge in [-0.1, -0.05) is 11.6 Å². The molecule has 1 aromatic carbocycles. The maximum atomic E-state index is 12.6. The summed E-state index contributed by atoms with van der Waals surface area (Å²) >= 11 is 0. The molecule has 2 aromatic rings. The molecule has 1 heterocycles. The zero-order valence-electron chi connectivity index (χ0n) is 14.5. The number of aryl methyl sites for hydroxylation is 2. The second-order valence-electron chi connectivity index (χ2n) is 6.05. The van der Waals surface area contributed by atoms with Crippen LogP contribution in [0.15, 0.2) is 24.5 Å². The topological polar surface area (TPSA) is 63.1 Å². The third-order valence-corrected chi connectivity index (χ3v) is 4.00. The van der Waals surface area contributed by atoms with E-state index in [0.29, 0.717) is 24.7 Å². The number of hydrogen-bond donors (Lipinski definition) is 1. The molecular formula is C17H25N5O. The van der Waals surface area contributed by atoms with Gasteiger partial charge >= 0.3 is 0 Å². The Bertz CT molecular complexity index is 677. The SMILES string of the molecule is Cc1ccc(N(C)C(C)C)c(C(=O)NCCn2cnnc2C)c1. The quantitative estimate of drug-likeness (QED) is 0.887. The van der Waals surface area contributed by atoms with Crippen molar-refractivity contribution in [1.82, 2.24) is 20.1 Å². The fraction of sp³-hybridized carbons (Fsp3) is 0.471. The molecule has 1 aromatic heterocycles. The second-order valence-corrected chi connectivity index (χ2v) is 6.05. The van der Waals surface area contributed by atoms with Crippen molar-refractivity contribution in [3.05, 3.63) is 41.5 Å². The van der Waals surface area contributed by atoms with Crippen molar-refractivity contribution in [2.45, 2.75) is 40.3 Å². The van der Waals surface area contributed by atoms with Crippen LogP contribution in [-0.4, -0.2) is 40.3 Å². The van der Waals surface area contributed by atoms with E-state index in [2.05, 4.69) is 34.3 Å². The van der Waals surface area contributed by atoms with Gasteiger partial charge < -0.3 is 14.8 Å². The third-order valence-electron chi connectivity index (χ3n) is 4.00. The molecule has 124 valence electrons. The Hall–Kier alpha value is -2.37. The van der Waals surface area contributed by atoms with Crippen molar-refractivity contribution < 1.29 is 4.79 Å². The second kappa shape index (κ2) is 7.26. The Balaban J connectivity index is 2.09. The number of nitrogens with zero attached hydrogens (tertiary/aromatic N) is 4. The van der Waals surface area contributed by atoms with Crippen LogP contribution < -0.4 is 10.2 Å². The molecule has 0 fully saturated rings. The number of carbonyl (C=O) groups excluding carboxylic acids is 1. The summed E-state index contributed by atoms with van der Waals surface area (Å²) in [6.45, 7) is 9.30. The van der Waals surface area contributed by atoms with Crippen molar-refractivity contribution >= 4 is 11.6 Å². The van der Waals surface area contributed by atoms with Crippen molar-refractivity contribution in [3.63, 3.8) is 0 Å². The number of benzene rings is 1. The number of aromatic nitrogens is 3. The summed E-state index contributed by atoms with van der Waals surface area (Å²) in [4.78, 5) is 14.7. The van der Waals surface area contributed by atoms with Gasteiger partial charge in [-0.05, 0) is 39.8 Å². The Morgan fingerprint density at radius 2 is 2.09 bits per heavy atom. The maximum Gasteiger partial charge on any atom is 0.253 e. The monoisotopic (exact) mass is 315 g/mol. The van der Waals surface area contributed by atoms with Gasteiger partial charge in [-0.3, -0.25) is 4.79 Å². The molecule has 23 heavy (non-hydrogen) atoms. The van der Waals surface area contributed by atoms with E-state index in [9.17, 15) is 4.79 Å². The van der Waals surface area contributed by atoms with Crippen LogP contribution in [0.25, 0.3) is 0 Å². The highest BCUT2D eigenvalue weighted by Crippen LogP contribution is 2.22. The first-order chi connectivity index (χ1) is 10.9. The summed E-state index contributed by atoms with van der Waals surface area (Å²) in [5.74, 6) is 0.789. The lowest BCUT2D eigenvalue weighted by molar-refractivity contribution is 0.0952. The molecule has 6 nitrogen and oxygen atoms in total. The maximum absolute atomic E-state index is 12.6. The van der Waals surface area contributed by atoms with Gasteiger partial charge in [0.25, 0.3) is 5.91 Å². The molecule has 0 unspecified atom stereocenters. The van der Waals surface area contributed by atoms with Gasteiger partial charge in [0, 0.05) is 31.9 Å². The van der Waals surface area contributed by atoms with E-state index in [1.54, 1.807) is 6.33 Å². The number of hydrogen-bond acceptors (Lipinski definition) is 4. The molecule has 0 radical (unpaired) electrons. The normalized spacial score (nSPS) is 10.9. The fourth-order valence-electron chi connectivity index (χ4n) is 2.33.